The minimum Gasteiger partial charge on any atom is -0.504 e. The maximum Gasteiger partial charge on any atom is 0.173 e. The van der Waals surface area contributed by atoms with Crippen LogP contribution in [0.4, 0.5) is 0 Å². The SMILES string of the molecule is Oc1cnn(C2CCCOC2)c1Cl. The van der Waals surface area contributed by atoms with Crippen LogP contribution in [0.3, 0.4) is 0 Å². The van der Waals surface area contributed by atoms with Crippen molar-refractivity contribution < 1.29 is 9.84 Å². The van der Waals surface area contributed by atoms with Crippen molar-refractivity contribution in [2.45, 2.75) is 18.9 Å². The highest BCUT2D eigenvalue weighted by molar-refractivity contribution is 6.30. The second-order valence-corrected chi connectivity index (χ2v) is 3.49. The highest BCUT2D eigenvalue weighted by Crippen LogP contribution is 2.28. The Hall–Kier alpha value is -0.740. The first kappa shape index (κ1) is 8.84. The molecule has 1 atom stereocenters. The quantitative estimate of drug-likeness (QED) is 0.753. The fraction of sp³-hybridized carbons (Fsp3) is 0.625. The van der Waals surface area contributed by atoms with Gasteiger partial charge in [-0.2, -0.15) is 5.10 Å². The second kappa shape index (κ2) is 3.55. The number of halogens is 1. The third-order valence-electron chi connectivity index (χ3n) is 2.20. The summed E-state index contributed by atoms with van der Waals surface area (Å²) in [5, 5.41) is 13.5. The summed E-state index contributed by atoms with van der Waals surface area (Å²) in [6.45, 7) is 1.43. The van der Waals surface area contributed by atoms with Crippen LogP contribution in [-0.2, 0) is 4.74 Å². The maximum absolute atomic E-state index is 9.21. The lowest BCUT2D eigenvalue weighted by atomic mass is 10.1. The van der Waals surface area contributed by atoms with Crippen LogP contribution in [0.5, 0.6) is 5.75 Å². The lowest BCUT2D eigenvalue weighted by Gasteiger charge is -2.22. The van der Waals surface area contributed by atoms with Crippen molar-refractivity contribution in [3.63, 3.8) is 0 Å². The molecule has 0 saturated carbocycles. The summed E-state index contributed by atoms with van der Waals surface area (Å²) in [6, 6.07) is 0.169. The zero-order valence-electron chi connectivity index (χ0n) is 7.11. The van der Waals surface area contributed by atoms with Crippen LogP contribution in [0.1, 0.15) is 18.9 Å². The van der Waals surface area contributed by atoms with Crippen LogP contribution in [0, 0.1) is 0 Å². The molecule has 0 radical (unpaired) electrons. The third kappa shape index (κ3) is 1.64. The molecule has 1 aromatic rings. The van der Waals surface area contributed by atoms with Gasteiger partial charge >= 0.3 is 0 Å². The molecule has 1 fully saturated rings. The fourth-order valence-electron chi connectivity index (χ4n) is 1.51. The summed E-state index contributed by atoms with van der Waals surface area (Å²) in [6.07, 6.45) is 3.37. The van der Waals surface area contributed by atoms with Gasteiger partial charge in [0.25, 0.3) is 0 Å². The van der Waals surface area contributed by atoms with Crippen molar-refractivity contribution in [1.82, 2.24) is 9.78 Å². The fourth-order valence-corrected chi connectivity index (χ4v) is 1.74. The van der Waals surface area contributed by atoms with Gasteiger partial charge in [-0.05, 0) is 12.8 Å². The summed E-state index contributed by atoms with van der Waals surface area (Å²) in [5.41, 5.74) is 0. The van der Waals surface area contributed by atoms with Gasteiger partial charge in [0.1, 0.15) is 0 Å². The van der Waals surface area contributed by atoms with Crippen LogP contribution in [0.25, 0.3) is 0 Å². The van der Waals surface area contributed by atoms with E-state index in [1.807, 2.05) is 0 Å². The predicted molar refractivity (Wildman–Crippen MR) is 48.0 cm³/mol. The number of aromatic nitrogens is 2. The average molecular weight is 203 g/mol. The number of ether oxygens (including phenoxy) is 1. The largest absolute Gasteiger partial charge is 0.504 e. The normalized spacial score (nSPS) is 23.3. The van der Waals surface area contributed by atoms with Crippen LogP contribution >= 0.6 is 11.6 Å². The standard InChI is InChI=1S/C8H11ClN2O2/c9-8-7(12)4-10-11(8)6-2-1-3-13-5-6/h4,6,12H,1-3,5H2. The Bertz CT molecular complexity index is 294. The van der Waals surface area contributed by atoms with Gasteiger partial charge in [-0.15, -0.1) is 0 Å². The number of hydrogen-bond acceptors (Lipinski definition) is 3. The first-order chi connectivity index (χ1) is 6.29. The molecular weight excluding hydrogens is 192 g/mol. The van der Waals surface area contributed by atoms with Crippen LogP contribution in [0.2, 0.25) is 5.15 Å². The molecule has 5 heteroatoms. The van der Waals surface area contributed by atoms with E-state index in [1.54, 1.807) is 4.68 Å². The van der Waals surface area contributed by atoms with Gasteiger partial charge in [-0.3, -0.25) is 0 Å². The van der Waals surface area contributed by atoms with E-state index in [0.29, 0.717) is 11.8 Å². The van der Waals surface area contributed by atoms with Gasteiger partial charge in [0.05, 0.1) is 18.8 Å². The average Bonchev–Trinajstić information content (AvgIpc) is 2.49. The van der Waals surface area contributed by atoms with Gasteiger partial charge in [-0.25, -0.2) is 4.68 Å². The Balaban J connectivity index is 2.18. The van der Waals surface area contributed by atoms with E-state index in [4.69, 9.17) is 16.3 Å². The number of nitrogens with zero attached hydrogens (tertiary/aromatic N) is 2. The minimum atomic E-state index is 0.0345. The van der Waals surface area contributed by atoms with Crippen LogP contribution < -0.4 is 0 Å². The van der Waals surface area contributed by atoms with Gasteiger partial charge in [-0.1, -0.05) is 11.6 Å². The van der Waals surface area contributed by atoms with E-state index in [2.05, 4.69) is 5.10 Å². The van der Waals surface area contributed by atoms with Crippen molar-refractivity contribution in [3.8, 4) is 5.75 Å². The van der Waals surface area contributed by atoms with Gasteiger partial charge in [0.2, 0.25) is 0 Å². The number of rotatable bonds is 1. The molecule has 1 aliphatic heterocycles. The molecule has 0 bridgehead atoms. The molecule has 1 aliphatic rings. The van der Waals surface area contributed by atoms with E-state index < -0.39 is 0 Å². The molecule has 13 heavy (non-hydrogen) atoms. The molecule has 1 saturated heterocycles. The van der Waals surface area contributed by atoms with Crippen molar-refractivity contribution in [2.24, 2.45) is 0 Å². The Labute approximate surface area is 81.1 Å². The van der Waals surface area contributed by atoms with E-state index in [9.17, 15) is 5.11 Å². The van der Waals surface area contributed by atoms with Crippen molar-refractivity contribution in [2.75, 3.05) is 13.2 Å². The topological polar surface area (TPSA) is 47.3 Å². The first-order valence-electron chi connectivity index (χ1n) is 4.29. The first-order valence-corrected chi connectivity index (χ1v) is 4.66. The molecule has 2 rings (SSSR count). The number of aromatic hydroxyl groups is 1. The predicted octanol–water partition coefficient (Wildman–Crippen LogP) is 1.59. The van der Waals surface area contributed by atoms with E-state index >= 15 is 0 Å². The van der Waals surface area contributed by atoms with Gasteiger partial charge in [0.15, 0.2) is 10.9 Å². The monoisotopic (exact) mass is 202 g/mol. The van der Waals surface area contributed by atoms with Crippen molar-refractivity contribution in [3.05, 3.63) is 11.3 Å². The molecule has 1 N–H and O–H groups in total. The maximum atomic E-state index is 9.21. The molecule has 2 heterocycles. The highest BCUT2D eigenvalue weighted by Gasteiger charge is 2.20. The Morgan fingerprint density at radius 2 is 2.54 bits per heavy atom. The number of hydrogen-bond donors (Lipinski definition) is 1. The third-order valence-corrected chi connectivity index (χ3v) is 2.57. The Morgan fingerprint density at radius 1 is 1.69 bits per heavy atom. The molecule has 0 aromatic carbocycles. The van der Waals surface area contributed by atoms with Crippen LogP contribution in [0.15, 0.2) is 6.20 Å². The molecule has 0 spiro atoms. The lowest BCUT2D eigenvalue weighted by molar-refractivity contribution is 0.0550. The zero-order valence-corrected chi connectivity index (χ0v) is 7.87. The van der Waals surface area contributed by atoms with E-state index in [-0.39, 0.29) is 11.8 Å². The lowest BCUT2D eigenvalue weighted by Crippen LogP contribution is -2.22. The molecule has 0 aliphatic carbocycles. The molecule has 0 amide bonds. The molecular formula is C8H11ClN2O2. The molecule has 4 nitrogen and oxygen atoms in total. The Morgan fingerprint density at radius 3 is 3.08 bits per heavy atom. The zero-order chi connectivity index (χ0) is 9.26. The Kier molecular flexibility index (Phi) is 2.42. The summed E-state index contributed by atoms with van der Waals surface area (Å²) >= 11 is 5.84. The van der Waals surface area contributed by atoms with Gasteiger partial charge in [0, 0.05) is 6.61 Å². The highest BCUT2D eigenvalue weighted by atomic mass is 35.5. The summed E-state index contributed by atoms with van der Waals surface area (Å²) in [4.78, 5) is 0. The summed E-state index contributed by atoms with van der Waals surface area (Å²) < 4.78 is 6.92. The van der Waals surface area contributed by atoms with Crippen molar-refractivity contribution in [1.29, 1.82) is 0 Å². The summed E-state index contributed by atoms with van der Waals surface area (Å²) in [5.74, 6) is 0.0345. The summed E-state index contributed by atoms with van der Waals surface area (Å²) in [7, 11) is 0. The molecule has 1 aromatic heterocycles. The van der Waals surface area contributed by atoms with E-state index in [1.165, 1.54) is 6.20 Å². The second-order valence-electron chi connectivity index (χ2n) is 3.14. The van der Waals surface area contributed by atoms with Crippen LogP contribution in [-0.4, -0.2) is 28.1 Å². The van der Waals surface area contributed by atoms with Gasteiger partial charge < -0.3 is 9.84 Å². The molecule has 72 valence electrons. The van der Waals surface area contributed by atoms with E-state index in [0.717, 1.165) is 19.4 Å². The molecule has 1 unspecified atom stereocenters. The minimum absolute atomic E-state index is 0.0345. The smallest absolute Gasteiger partial charge is 0.173 e. The van der Waals surface area contributed by atoms with Crippen molar-refractivity contribution >= 4 is 11.6 Å².